The van der Waals surface area contributed by atoms with Crippen LogP contribution in [-0.4, -0.2) is 52.8 Å². The van der Waals surface area contributed by atoms with E-state index in [0.717, 1.165) is 11.1 Å². The molecule has 2 heterocycles. The van der Waals surface area contributed by atoms with Crippen molar-refractivity contribution in [2.45, 2.75) is 6.92 Å². The van der Waals surface area contributed by atoms with Gasteiger partial charge in [0.2, 0.25) is 5.91 Å². The van der Waals surface area contributed by atoms with Crippen LogP contribution in [0.5, 0.6) is 0 Å². The predicted molar refractivity (Wildman–Crippen MR) is 92.2 cm³/mol. The largest absolute Gasteiger partial charge is 0.384 e. The summed E-state index contributed by atoms with van der Waals surface area (Å²) in [5.41, 5.74) is 8.19. The highest BCUT2D eigenvalue weighted by Crippen LogP contribution is 2.20. The van der Waals surface area contributed by atoms with E-state index in [9.17, 15) is 9.59 Å². The van der Waals surface area contributed by atoms with Crippen LogP contribution < -0.4 is 5.73 Å². The molecule has 2 aromatic rings. The molecule has 1 aliphatic heterocycles. The van der Waals surface area contributed by atoms with Crippen LogP contribution in [0, 0.1) is 0 Å². The maximum Gasteiger partial charge on any atom is 0.253 e. The quantitative estimate of drug-likeness (QED) is 0.910. The second kappa shape index (κ2) is 6.70. The first-order chi connectivity index (χ1) is 11.5. The van der Waals surface area contributed by atoms with Gasteiger partial charge < -0.3 is 15.5 Å². The monoisotopic (exact) mass is 324 g/mol. The molecular formula is C18H20N4O2. The van der Waals surface area contributed by atoms with Crippen molar-refractivity contribution >= 4 is 17.6 Å². The summed E-state index contributed by atoms with van der Waals surface area (Å²) in [7, 11) is 0. The van der Waals surface area contributed by atoms with E-state index in [1.54, 1.807) is 29.0 Å². The van der Waals surface area contributed by atoms with Crippen LogP contribution in [0.3, 0.4) is 0 Å². The summed E-state index contributed by atoms with van der Waals surface area (Å²) in [6.45, 7) is 3.89. The molecule has 24 heavy (non-hydrogen) atoms. The maximum atomic E-state index is 12.6. The van der Waals surface area contributed by atoms with Gasteiger partial charge in [-0.15, -0.1) is 0 Å². The topological polar surface area (TPSA) is 79.5 Å². The van der Waals surface area contributed by atoms with Crippen LogP contribution >= 0.6 is 0 Å². The molecule has 0 unspecified atom stereocenters. The molecule has 0 radical (unpaired) electrons. The van der Waals surface area contributed by atoms with Crippen molar-refractivity contribution in [1.82, 2.24) is 14.8 Å². The van der Waals surface area contributed by atoms with E-state index >= 15 is 0 Å². The number of amides is 2. The van der Waals surface area contributed by atoms with E-state index in [0.29, 0.717) is 37.6 Å². The van der Waals surface area contributed by atoms with Crippen LogP contribution in [0.25, 0.3) is 11.1 Å². The highest BCUT2D eigenvalue weighted by molar-refractivity contribution is 5.95. The maximum absolute atomic E-state index is 12.6. The Bertz CT molecular complexity index is 733. The van der Waals surface area contributed by atoms with Gasteiger partial charge in [0.05, 0.1) is 0 Å². The average Bonchev–Trinajstić information content (AvgIpc) is 2.62. The van der Waals surface area contributed by atoms with Crippen LogP contribution in [0.1, 0.15) is 17.3 Å². The van der Waals surface area contributed by atoms with Crippen LogP contribution in [-0.2, 0) is 4.79 Å². The fraction of sp³-hybridized carbons (Fsp3) is 0.278. The minimum atomic E-state index is 0.000170. The first-order valence-corrected chi connectivity index (χ1v) is 7.91. The molecule has 6 nitrogen and oxygen atoms in total. The number of hydrogen-bond donors (Lipinski definition) is 1. The Morgan fingerprint density at radius 2 is 1.50 bits per heavy atom. The molecule has 0 aliphatic carbocycles. The summed E-state index contributed by atoms with van der Waals surface area (Å²) < 4.78 is 0. The summed E-state index contributed by atoms with van der Waals surface area (Å²) in [5.74, 6) is 0.541. The number of pyridine rings is 1. The Morgan fingerprint density at radius 3 is 2.04 bits per heavy atom. The Balaban J connectivity index is 1.68. The molecule has 6 heteroatoms. The normalized spacial score (nSPS) is 14.5. The first kappa shape index (κ1) is 16.0. The van der Waals surface area contributed by atoms with E-state index in [1.807, 2.05) is 30.3 Å². The molecule has 1 saturated heterocycles. The van der Waals surface area contributed by atoms with Crippen molar-refractivity contribution in [3.05, 3.63) is 48.2 Å². The lowest BCUT2D eigenvalue weighted by molar-refractivity contribution is -0.130. The fourth-order valence-electron chi connectivity index (χ4n) is 2.79. The molecular weight excluding hydrogens is 304 g/mol. The number of hydrogen-bond acceptors (Lipinski definition) is 4. The Hall–Kier alpha value is -2.89. The van der Waals surface area contributed by atoms with E-state index in [4.69, 9.17) is 5.73 Å². The molecule has 0 saturated carbocycles. The standard InChI is InChI=1S/C18H20N4O2/c1-13(23)21-8-10-22(11-9-21)18(24)15-4-2-14(3-5-15)16-6-7-17(19)20-12-16/h2-7,12H,8-11H2,1H3,(H2,19,20). The average molecular weight is 324 g/mol. The number of aromatic nitrogens is 1. The van der Waals surface area contributed by atoms with Gasteiger partial charge in [0, 0.05) is 50.4 Å². The van der Waals surface area contributed by atoms with Crippen molar-refractivity contribution < 1.29 is 9.59 Å². The molecule has 1 aromatic carbocycles. The van der Waals surface area contributed by atoms with Crippen LogP contribution in [0.15, 0.2) is 42.6 Å². The summed E-state index contributed by atoms with van der Waals surface area (Å²) in [6.07, 6.45) is 1.72. The van der Waals surface area contributed by atoms with Gasteiger partial charge in [-0.25, -0.2) is 4.98 Å². The van der Waals surface area contributed by atoms with Gasteiger partial charge >= 0.3 is 0 Å². The smallest absolute Gasteiger partial charge is 0.253 e. The highest BCUT2D eigenvalue weighted by atomic mass is 16.2. The minimum absolute atomic E-state index is 0.000170. The number of carbonyl (C=O) groups is 2. The SMILES string of the molecule is CC(=O)N1CCN(C(=O)c2ccc(-c3ccc(N)nc3)cc2)CC1. The van der Waals surface area contributed by atoms with Crippen LogP contribution in [0.4, 0.5) is 5.82 Å². The number of nitrogen functional groups attached to an aromatic ring is 1. The second-order valence-electron chi connectivity index (χ2n) is 5.85. The van der Waals surface area contributed by atoms with Crippen molar-refractivity contribution in [2.75, 3.05) is 31.9 Å². The number of carbonyl (C=O) groups excluding carboxylic acids is 2. The number of benzene rings is 1. The third-order valence-electron chi connectivity index (χ3n) is 4.26. The molecule has 3 rings (SSSR count). The number of piperazine rings is 1. The zero-order valence-corrected chi connectivity index (χ0v) is 13.6. The summed E-state index contributed by atoms with van der Waals surface area (Å²) in [5, 5.41) is 0. The predicted octanol–water partition coefficient (Wildman–Crippen LogP) is 1.64. The van der Waals surface area contributed by atoms with E-state index in [-0.39, 0.29) is 11.8 Å². The molecule has 2 N–H and O–H groups in total. The van der Waals surface area contributed by atoms with Gasteiger partial charge in [0.15, 0.2) is 0 Å². The third-order valence-corrected chi connectivity index (χ3v) is 4.26. The molecule has 0 spiro atoms. The zero-order valence-electron chi connectivity index (χ0n) is 13.6. The van der Waals surface area contributed by atoms with Crippen molar-refractivity contribution in [3.8, 4) is 11.1 Å². The lowest BCUT2D eigenvalue weighted by Gasteiger charge is -2.34. The van der Waals surface area contributed by atoms with E-state index < -0.39 is 0 Å². The van der Waals surface area contributed by atoms with Gasteiger partial charge in [-0.3, -0.25) is 9.59 Å². The van der Waals surface area contributed by atoms with E-state index in [1.165, 1.54) is 0 Å². The Labute approximate surface area is 140 Å². The molecule has 0 bridgehead atoms. The van der Waals surface area contributed by atoms with Crippen molar-refractivity contribution in [3.63, 3.8) is 0 Å². The number of anilines is 1. The van der Waals surface area contributed by atoms with Crippen molar-refractivity contribution in [2.24, 2.45) is 0 Å². The lowest BCUT2D eigenvalue weighted by atomic mass is 10.0. The molecule has 1 aliphatic rings. The zero-order chi connectivity index (χ0) is 17.1. The second-order valence-corrected chi connectivity index (χ2v) is 5.85. The summed E-state index contributed by atoms with van der Waals surface area (Å²) in [4.78, 5) is 31.5. The molecule has 2 amide bonds. The highest BCUT2D eigenvalue weighted by Gasteiger charge is 2.23. The first-order valence-electron chi connectivity index (χ1n) is 7.91. The van der Waals surface area contributed by atoms with Gasteiger partial charge in [0.1, 0.15) is 5.82 Å². The van der Waals surface area contributed by atoms with E-state index in [2.05, 4.69) is 4.98 Å². The van der Waals surface area contributed by atoms with Gasteiger partial charge in [0.25, 0.3) is 5.91 Å². The minimum Gasteiger partial charge on any atom is -0.384 e. The summed E-state index contributed by atoms with van der Waals surface area (Å²) in [6, 6.07) is 11.1. The van der Waals surface area contributed by atoms with Crippen molar-refractivity contribution in [1.29, 1.82) is 0 Å². The molecule has 1 fully saturated rings. The number of nitrogens with two attached hydrogens (primary N) is 1. The summed E-state index contributed by atoms with van der Waals surface area (Å²) >= 11 is 0. The Kier molecular flexibility index (Phi) is 4.46. The van der Waals surface area contributed by atoms with Gasteiger partial charge in [-0.05, 0) is 29.8 Å². The molecule has 0 atom stereocenters. The number of rotatable bonds is 2. The van der Waals surface area contributed by atoms with Gasteiger partial charge in [-0.1, -0.05) is 12.1 Å². The van der Waals surface area contributed by atoms with Gasteiger partial charge in [-0.2, -0.15) is 0 Å². The fourth-order valence-corrected chi connectivity index (χ4v) is 2.79. The van der Waals surface area contributed by atoms with Crippen LogP contribution in [0.2, 0.25) is 0 Å². The number of nitrogens with zero attached hydrogens (tertiary/aromatic N) is 3. The molecule has 1 aromatic heterocycles. The lowest BCUT2D eigenvalue weighted by Crippen LogP contribution is -2.50. The third kappa shape index (κ3) is 3.37. The Morgan fingerprint density at radius 1 is 0.917 bits per heavy atom. The molecule has 124 valence electrons.